The summed E-state index contributed by atoms with van der Waals surface area (Å²) in [7, 11) is 1.46. The summed E-state index contributed by atoms with van der Waals surface area (Å²) in [6, 6.07) is 18.9. The summed E-state index contributed by atoms with van der Waals surface area (Å²) in [4.78, 5) is 63.9. The lowest BCUT2D eigenvalue weighted by Gasteiger charge is -2.28. The number of imide groups is 1. The smallest absolute Gasteiger partial charge is 0.328 e. The van der Waals surface area contributed by atoms with E-state index < -0.39 is 23.9 Å². The Kier molecular flexibility index (Phi) is 16.8. The van der Waals surface area contributed by atoms with Crippen LogP contribution in [-0.2, 0) is 22.7 Å². The van der Waals surface area contributed by atoms with Gasteiger partial charge in [0, 0.05) is 18.1 Å². The highest BCUT2D eigenvalue weighted by molar-refractivity contribution is 6.31. The van der Waals surface area contributed by atoms with Crippen LogP contribution in [-0.4, -0.2) is 50.9 Å². The first-order valence-electron chi connectivity index (χ1n) is 20.6. The molecule has 0 aliphatic carbocycles. The van der Waals surface area contributed by atoms with E-state index in [2.05, 4.69) is 12.2 Å². The molecule has 11 heteroatoms. The van der Waals surface area contributed by atoms with Gasteiger partial charge < -0.3 is 15.0 Å². The number of hydrogen-bond acceptors (Lipinski definition) is 6. The molecule has 1 aliphatic rings. The van der Waals surface area contributed by atoms with E-state index in [1.54, 1.807) is 36.4 Å². The number of carbonyl (C=O) groups is 3. The summed E-state index contributed by atoms with van der Waals surface area (Å²) in [5.41, 5.74) is 1.13. The van der Waals surface area contributed by atoms with Crippen molar-refractivity contribution in [1.29, 1.82) is 0 Å². The van der Waals surface area contributed by atoms with E-state index in [0.717, 1.165) is 29.7 Å². The molecule has 1 atom stereocenters. The number of halogens is 1. The zero-order chi connectivity index (χ0) is 39.7. The number of nitrogens with zero attached hydrogens (tertiary/aromatic N) is 4. The molecule has 4 amide bonds. The fourth-order valence-electron chi connectivity index (χ4n) is 7.50. The predicted molar refractivity (Wildman–Crippen MR) is 224 cm³/mol. The van der Waals surface area contributed by atoms with Gasteiger partial charge in [0.2, 0.25) is 0 Å². The van der Waals surface area contributed by atoms with E-state index in [1.165, 1.54) is 99.7 Å². The minimum Gasteiger partial charge on any atom is -0.495 e. The van der Waals surface area contributed by atoms with Gasteiger partial charge in [-0.1, -0.05) is 157 Å². The van der Waals surface area contributed by atoms with Crippen LogP contribution in [0, 0.1) is 0 Å². The van der Waals surface area contributed by atoms with Crippen molar-refractivity contribution in [3.05, 3.63) is 99.6 Å². The van der Waals surface area contributed by atoms with Crippen molar-refractivity contribution in [3.8, 4) is 5.75 Å². The zero-order valence-corrected chi connectivity index (χ0v) is 33.9. The van der Waals surface area contributed by atoms with Crippen LogP contribution in [0.4, 0.5) is 10.5 Å². The summed E-state index contributed by atoms with van der Waals surface area (Å²) in [5, 5.41) is 3.58. The number of nitrogens with one attached hydrogen (secondary N) is 1. The topological polar surface area (TPSA) is 114 Å². The highest BCUT2D eigenvalue weighted by Crippen LogP contribution is 2.32. The molecule has 56 heavy (non-hydrogen) atoms. The summed E-state index contributed by atoms with van der Waals surface area (Å²) >= 11 is 6.30. The van der Waals surface area contributed by atoms with E-state index in [1.807, 2.05) is 30.3 Å². The molecule has 1 aromatic heterocycles. The highest BCUT2D eigenvalue weighted by Gasteiger charge is 2.46. The normalized spacial score (nSPS) is 13.5. The van der Waals surface area contributed by atoms with Crippen molar-refractivity contribution >= 4 is 46.0 Å². The lowest BCUT2D eigenvalue weighted by atomic mass is 10.0. The summed E-state index contributed by atoms with van der Waals surface area (Å²) < 4.78 is 6.96. The third kappa shape index (κ3) is 11.7. The first-order chi connectivity index (χ1) is 27.3. The van der Waals surface area contributed by atoms with Gasteiger partial charge in [-0.2, -0.15) is 0 Å². The van der Waals surface area contributed by atoms with Gasteiger partial charge in [0.1, 0.15) is 18.1 Å². The maximum absolute atomic E-state index is 14.5. The number of fused-ring (bicyclic) bond motifs is 1. The van der Waals surface area contributed by atoms with E-state index in [9.17, 15) is 19.2 Å². The number of methoxy groups -OCH3 is 1. The highest BCUT2D eigenvalue weighted by atomic mass is 35.5. The van der Waals surface area contributed by atoms with Gasteiger partial charge in [-0.05, 0) is 42.3 Å². The summed E-state index contributed by atoms with van der Waals surface area (Å²) in [6.07, 6.45) is 19.5. The quantitative estimate of drug-likeness (QED) is 0.0559. The van der Waals surface area contributed by atoms with Crippen LogP contribution >= 0.6 is 11.6 Å². The zero-order valence-electron chi connectivity index (χ0n) is 33.1. The van der Waals surface area contributed by atoms with Crippen molar-refractivity contribution < 1.29 is 19.1 Å². The second-order valence-electron chi connectivity index (χ2n) is 14.9. The standard InChI is InChI=1S/C45H58ClN5O5/c1-3-4-5-6-7-8-9-10-11-12-13-14-15-16-17-23-30-50-42(47-37-27-22-21-26-36(37)44(50)54)41(43(53)48-38-31-35(46)28-29-39(38)56-2)51-40(52)33-49(45(51)55)32-34-24-19-18-20-25-34/h18-22,24-29,31,41H,3-17,23,30,32-33H2,1-2H3,(H,48,53). The summed E-state index contributed by atoms with van der Waals surface area (Å²) in [5.74, 6) is -0.933. The molecule has 0 bridgehead atoms. The maximum Gasteiger partial charge on any atom is 0.328 e. The number of rotatable bonds is 24. The summed E-state index contributed by atoms with van der Waals surface area (Å²) in [6.45, 7) is 2.48. The maximum atomic E-state index is 14.5. The fourth-order valence-corrected chi connectivity index (χ4v) is 7.68. The first kappa shape index (κ1) is 42.4. The minimum atomic E-state index is -1.56. The van der Waals surface area contributed by atoms with Crippen molar-refractivity contribution in [2.45, 2.75) is 129 Å². The van der Waals surface area contributed by atoms with Crippen molar-refractivity contribution in [2.75, 3.05) is 19.0 Å². The molecule has 0 spiro atoms. The number of para-hydroxylation sites is 1. The fraction of sp³-hybridized carbons (Fsp3) is 0.489. The molecule has 1 fully saturated rings. The Hall–Kier alpha value is -4.70. The van der Waals surface area contributed by atoms with Gasteiger partial charge in [0.05, 0.1) is 23.7 Å². The van der Waals surface area contributed by atoms with Gasteiger partial charge in [0.15, 0.2) is 6.04 Å². The number of benzene rings is 3. The molecule has 0 saturated carbocycles. The monoisotopic (exact) mass is 783 g/mol. The Morgan fingerprint density at radius 2 is 1.38 bits per heavy atom. The van der Waals surface area contributed by atoms with Gasteiger partial charge in [-0.15, -0.1) is 0 Å². The Morgan fingerprint density at radius 3 is 2.00 bits per heavy atom. The van der Waals surface area contributed by atoms with E-state index in [0.29, 0.717) is 28.1 Å². The number of anilines is 1. The van der Waals surface area contributed by atoms with Gasteiger partial charge >= 0.3 is 6.03 Å². The molecule has 300 valence electrons. The molecule has 0 radical (unpaired) electrons. The van der Waals surface area contributed by atoms with Crippen LogP contribution in [0.15, 0.2) is 77.6 Å². The number of hydrogen-bond donors (Lipinski definition) is 1. The minimum absolute atomic E-state index is 0.0245. The van der Waals surface area contributed by atoms with Crippen molar-refractivity contribution in [2.24, 2.45) is 0 Å². The lowest BCUT2D eigenvalue weighted by molar-refractivity contribution is -0.133. The molecule has 1 aliphatic heterocycles. The Balaban J connectivity index is 1.31. The molecule has 1 N–H and O–H groups in total. The van der Waals surface area contributed by atoms with Crippen molar-refractivity contribution in [3.63, 3.8) is 0 Å². The van der Waals surface area contributed by atoms with E-state index in [4.69, 9.17) is 21.3 Å². The Morgan fingerprint density at radius 1 is 0.786 bits per heavy atom. The van der Waals surface area contributed by atoms with Gasteiger partial charge in [-0.25, -0.2) is 14.7 Å². The SMILES string of the molecule is CCCCCCCCCCCCCCCCCCn1c(C(C(=O)Nc2cc(Cl)ccc2OC)N2C(=O)CN(Cc3ccccc3)C2=O)nc2ccccc2c1=O. The third-order valence-corrected chi connectivity index (χ3v) is 10.8. The molecular weight excluding hydrogens is 726 g/mol. The number of aromatic nitrogens is 2. The van der Waals surface area contributed by atoms with Gasteiger partial charge in [0.25, 0.3) is 17.4 Å². The van der Waals surface area contributed by atoms with E-state index in [-0.39, 0.29) is 36.7 Å². The van der Waals surface area contributed by atoms with Crippen LogP contribution in [0.3, 0.4) is 0 Å². The molecule has 5 rings (SSSR count). The molecule has 1 unspecified atom stereocenters. The molecule has 2 heterocycles. The molecule has 1 saturated heterocycles. The second kappa shape index (κ2) is 22.1. The molecule has 3 aromatic carbocycles. The molecular formula is C45H58ClN5O5. The number of ether oxygens (including phenoxy) is 1. The van der Waals surface area contributed by atoms with Crippen LogP contribution in [0.25, 0.3) is 10.9 Å². The van der Waals surface area contributed by atoms with Crippen LogP contribution < -0.4 is 15.6 Å². The first-order valence-corrected chi connectivity index (χ1v) is 21.0. The average Bonchev–Trinajstić information content (AvgIpc) is 3.47. The number of unbranched alkanes of at least 4 members (excludes halogenated alkanes) is 15. The average molecular weight is 784 g/mol. The molecule has 10 nitrogen and oxygen atoms in total. The third-order valence-electron chi connectivity index (χ3n) is 10.6. The largest absolute Gasteiger partial charge is 0.495 e. The Bertz CT molecular complexity index is 1950. The van der Waals surface area contributed by atoms with Gasteiger partial charge in [-0.3, -0.25) is 19.0 Å². The number of carbonyl (C=O) groups excluding carboxylic acids is 3. The van der Waals surface area contributed by atoms with Crippen LogP contribution in [0.5, 0.6) is 5.75 Å². The van der Waals surface area contributed by atoms with E-state index >= 15 is 0 Å². The predicted octanol–water partition coefficient (Wildman–Crippen LogP) is 10.5. The Labute approximate surface area is 336 Å². The van der Waals surface area contributed by atoms with Crippen molar-refractivity contribution in [1.82, 2.24) is 19.4 Å². The second-order valence-corrected chi connectivity index (χ2v) is 15.3. The van der Waals surface area contributed by atoms with Crippen LogP contribution in [0.2, 0.25) is 5.02 Å². The molecule has 4 aromatic rings. The number of urea groups is 1. The number of amides is 4. The van der Waals surface area contributed by atoms with Crippen LogP contribution in [0.1, 0.15) is 127 Å². The lowest BCUT2D eigenvalue weighted by Crippen LogP contribution is -2.45.